The van der Waals surface area contributed by atoms with Gasteiger partial charge in [0.05, 0.1) is 15.3 Å². The number of benzene rings is 1. The summed E-state index contributed by atoms with van der Waals surface area (Å²) >= 11 is 7.10. The van der Waals surface area contributed by atoms with Crippen LogP contribution >= 0.6 is 22.9 Å². The topological polar surface area (TPSA) is 20.2 Å². The van der Waals surface area contributed by atoms with Crippen molar-refractivity contribution in [2.45, 2.75) is 6.43 Å². The van der Waals surface area contributed by atoms with E-state index in [0.29, 0.717) is 10.1 Å². The predicted octanol–water partition coefficient (Wildman–Crippen LogP) is 4.20. The highest BCUT2D eigenvalue weighted by Crippen LogP contribution is 2.41. The minimum Gasteiger partial charge on any atom is -0.507 e. The highest BCUT2D eigenvalue weighted by molar-refractivity contribution is 7.18. The summed E-state index contributed by atoms with van der Waals surface area (Å²) in [6, 6.07) is 2.69. The van der Waals surface area contributed by atoms with Crippen LogP contribution in [0.25, 0.3) is 10.1 Å². The number of fused-ring (bicyclic) bond motifs is 1. The molecule has 0 amide bonds. The van der Waals surface area contributed by atoms with Gasteiger partial charge in [-0.25, -0.2) is 8.78 Å². The second-order valence-electron chi connectivity index (χ2n) is 2.76. The van der Waals surface area contributed by atoms with Gasteiger partial charge in [-0.1, -0.05) is 11.6 Å². The van der Waals surface area contributed by atoms with Crippen LogP contribution in [-0.4, -0.2) is 5.11 Å². The SMILES string of the molecule is Oc1c(C(F)F)cc(Cl)c2sccc12. The van der Waals surface area contributed by atoms with E-state index >= 15 is 0 Å². The first-order valence-electron chi connectivity index (χ1n) is 3.78. The predicted molar refractivity (Wildman–Crippen MR) is 53.5 cm³/mol. The van der Waals surface area contributed by atoms with Crippen LogP contribution in [0.3, 0.4) is 0 Å². The summed E-state index contributed by atoms with van der Waals surface area (Å²) in [7, 11) is 0. The summed E-state index contributed by atoms with van der Waals surface area (Å²) in [6.07, 6.45) is -2.71. The van der Waals surface area contributed by atoms with E-state index < -0.39 is 12.0 Å². The molecular formula is C9H5ClF2OS. The van der Waals surface area contributed by atoms with Crippen molar-refractivity contribution in [3.63, 3.8) is 0 Å². The van der Waals surface area contributed by atoms with Crippen molar-refractivity contribution in [3.05, 3.63) is 28.1 Å². The molecule has 0 aliphatic heterocycles. The zero-order chi connectivity index (χ0) is 10.3. The number of hydrogen-bond donors (Lipinski definition) is 1. The number of alkyl halides is 2. The molecule has 0 aliphatic rings. The Kier molecular flexibility index (Phi) is 2.33. The highest BCUT2D eigenvalue weighted by Gasteiger charge is 2.17. The van der Waals surface area contributed by atoms with Gasteiger partial charge < -0.3 is 5.11 Å². The molecule has 0 aliphatic carbocycles. The maximum atomic E-state index is 12.4. The fraction of sp³-hybridized carbons (Fsp3) is 0.111. The zero-order valence-electron chi connectivity index (χ0n) is 6.80. The van der Waals surface area contributed by atoms with E-state index in [1.54, 1.807) is 11.4 Å². The van der Waals surface area contributed by atoms with E-state index in [4.69, 9.17) is 11.6 Å². The Morgan fingerprint density at radius 3 is 2.79 bits per heavy atom. The third kappa shape index (κ3) is 1.35. The molecule has 0 bridgehead atoms. The first-order chi connectivity index (χ1) is 6.61. The van der Waals surface area contributed by atoms with E-state index in [0.717, 1.165) is 6.07 Å². The van der Waals surface area contributed by atoms with E-state index in [1.807, 2.05) is 0 Å². The van der Waals surface area contributed by atoms with E-state index in [-0.39, 0.29) is 10.8 Å². The van der Waals surface area contributed by atoms with Crippen molar-refractivity contribution in [2.24, 2.45) is 0 Å². The molecular weight excluding hydrogens is 230 g/mol. The molecule has 0 saturated heterocycles. The summed E-state index contributed by atoms with van der Waals surface area (Å²) in [5, 5.41) is 11.8. The molecule has 0 saturated carbocycles. The van der Waals surface area contributed by atoms with Crippen LogP contribution in [0, 0.1) is 0 Å². The molecule has 74 valence electrons. The van der Waals surface area contributed by atoms with Gasteiger partial charge in [-0.3, -0.25) is 0 Å². The van der Waals surface area contributed by atoms with Gasteiger partial charge >= 0.3 is 0 Å². The minimum absolute atomic E-state index is 0.253. The van der Waals surface area contributed by atoms with Gasteiger partial charge in [0.1, 0.15) is 5.75 Å². The van der Waals surface area contributed by atoms with Crippen molar-refractivity contribution in [1.82, 2.24) is 0 Å². The quantitative estimate of drug-likeness (QED) is 0.784. The molecule has 1 nitrogen and oxygen atoms in total. The highest BCUT2D eigenvalue weighted by atomic mass is 35.5. The van der Waals surface area contributed by atoms with E-state index in [1.165, 1.54) is 11.3 Å². The first-order valence-corrected chi connectivity index (χ1v) is 5.03. The van der Waals surface area contributed by atoms with E-state index in [9.17, 15) is 13.9 Å². The van der Waals surface area contributed by atoms with Crippen molar-refractivity contribution in [3.8, 4) is 5.75 Å². The molecule has 2 rings (SSSR count). The monoisotopic (exact) mass is 234 g/mol. The Bertz CT molecular complexity index is 481. The molecule has 1 aromatic carbocycles. The van der Waals surface area contributed by atoms with Crippen LogP contribution in [-0.2, 0) is 0 Å². The Morgan fingerprint density at radius 2 is 2.14 bits per heavy atom. The van der Waals surface area contributed by atoms with Crippen molar-refractivity contribution in [1.29, 1.82) is 0 Å². The standard InChI is InChI=1S/C9H5ClF2OS/c10-6-3-5(9(11)12)7(13)4-1-2-14-8(4)6/h1-3,9,13H. The van der Waals surface area contributed by atoms with Crippen molar-refractivity contribution >= 4 is 33.0 Å². The smallest absolute Gasteiger partial charge is 0.267 e. The van der Waals surface area contributed by atoms with Gasteiger partial charge in [-0.15, -0.1) is 11.3 Å². The molecule has 14 heavy (non-hydrogen) atoms. The van der Waals surface area contributed by atoms with Gasteiger partial charge in [-0.2, -0.15) is 0 Å². The summed E-state index contributed by atoms with van der Waals surface area (Å²) < 4.78 is 25.5. The van der Waals surface area contributed by atoms with Crippen LogP contribution in [0.5, 0.6) is 5.75 Å². The van der Waals surface area contributed by atoms with Gasteiger partial charge in [0, 0.05) is 5.39 Å². The lowest BCUT2D eigenvalue weighted by molar-refractivity contribution is 0.148. The number of rotatable bonds is 1. The van der Waals surface area contributed by atoms with Gasteiger partial charge in [0.15, 0.2) is 0 Å². The number of halogens is 3. The molecule has 0 fully saturated rings. The Morgan fingerprint density at radius 1 is 1.43 bits per heavy atom. The third-order valence-corrected chi connectivity index (χ3v) is 3.29. The molecule has 5 heteroatoms. The summed E-state index contributed by atoms with van der Waals surface area (Å²) in [5.41, 5.74) is -0.416. The largest absolute Gasteiger partial charge is 0.507 e. The van der Waals surface area contributed by atoms with Crippen molar-refractivity contribution < 1.29 is 13.9 Å². The molecule has 1 aromatic heterocycles. The second-order valence-corrected chi connectivity index (χ2v) is 4.08. The lowest BCUT2D eigenvalue weighted by atomic mass is 10.1. The summed E-state index contributed by atoms with van der Waals surface area (Å²) in [4.78, 5) is 0. The normalized spacial score (nSPS) is 11.4. The van der Waals surface area contributed by atoms with Crippen LogP contribution in [0.4, 0.5) is 8.78 Å². The lowest BCUT2D eigenvalue weighted by Crippen LogP contribution is -1.85. The number of thiophene rings is 1. The van der Waals surface area contributed by atoms with Gasteiger partial charge in [0.25, 0.3) is 6.43 Å². The van der Waals surface area contributed by atoms with Gasteiger partial charge in [-0.05, 0) is 17.5 Å². The maximum absolute atomic E-state index is 12.4. The minimum atomic E-state index is -2.71. The molecule has 0 radical (unpaired) electrons. The molecule has 1 N–H and O–H groups in total. The third-order valence-electron chi connectivity index (χ3n) is 1.93. The Hall–Kier alpha value is -0.870. The van der Waals surface area contributed by atoms with Crippen LogP contribution in [0.15, 0.2) is 17.5 Å². The first kappa shape index (κ1) is 9.68. The fourth-order valence-electron chi connectivity index (χ4n) is 1.27. The molecule has 2 aromatic rings. The molecule has 0 unspecified atom stereocenters. The number of phenols is 1. The Balaban J connectivity index is 2.82. The molecule has 1 heterocycles. The summed E-state index contributed by atoms with van der Waals surface area (Å²) in [5.74, 6) is -0.374. The van der Waals surface area contributed by atoms with Crippen LogP contribution < -0.4 is 0 Å². The number of hydrogen-bond acceptors (Lipinski definition) is 2. The average molecular weight is 235 g/mol. The molecule has 0 spiro atoms. The molecule has 0 atom stereocenters. The number of aromatic hydroxyl groups is 1. The van der Waals surface area contributed by atoms with Gasteiger partial charge in [0.2, 0.25) is 0 Å². The summed E-state index contributed by atoms with van der Waals surface area (Å²) in [6.45, 7) is 0. The second kappa shape index (κ2) is 3.37. The number of phenolic OH excluding ortho intramolecular Hbond substituents is 1. The Labute approximate surface area is 87.5 Å². The maximum Gasteiger partial charge on any atom is 0.267 e. The van der Waals surface area contributed by atoms with E-state index in [2.05, 4.69) is 0 Å². The fourth-order valence-corrected chi connectivity index (χ4v) is 2.43. The van der Waals surface area contributed by atoms with Crippen LogP contribution in [0.1, 0.15) is 12.0 Å². The van der Waals surface area contributed by atoms with Crippen molar-refractivity contribution in [2.75, 3.05) is 0 Å². The van der Waals surface area contributed by atoms with Crippen LogP contribution in [0.2, 0.25) is 5.02 Å². The zero-order valence-corrected chi connectivity index (χ0v) is 8.37. The lowest BCUT2D eigenvalue weighted by Gasteiger charge is -2.05. The average Bonchev–Trinajstić information content (AvgIpc) is 2.59.